The molecule has 0 aliphatic carbocycles. The Bertz CT molecular complexity index is 359. The number of hydrogen-bond donors (Lipinski definition) is 1. The van der Waals surface area contributed by atoms with Crippen molar-refractivity contribution < 1.29 is 9.13 Å². The van der Waals surface area contributed by atoms with Crippen molar-refractivity contribution >= 4 is 33.1 Å². The van der Waals surface area contributed by atoms with E-state index in [9.17, 15) is 4.39 Å². The van der Waals surface area contributed by atoms with Gasteiger partial charge in [0.05, 0.1) is 16.1 Å². The summed E-state index contributed by atoms with van der Waals surface area (Å²) in [6, 6.07) is 4.30. The summed E-state index contributed by atoms with van der Waals surface area (Å²) in [7, 11) is 0. The molecular formula is C10H11BrFNOS. The van der Waals surface area contributed by atoms with Crippen LogP contribution >= 0.6 is 28.1 Å². The largest absolute Gasteiger partial charge is 0.492 e. The Labute approximate surface area is 102 Å². The second-order valence-corrected chi connectivity index (χ2v) is 4.37. The fourth-order valence-corrected chi connectivity index (χ4v) is 1.63. The maximum absolute atomic E-state index is 12.7. The first-order valence-corrected chi connectivity index (χ1v) is 5.66. The van der Waals surface area contributed by atoms with E-state index in [1.54, 1.807) is 6.07 Å². The van der Waals surface area contributed by atoms with E-state index < -0.39 is 0 Å². The highest BCUT2D eigenvalue weighted by Crippen LogP contribution is 2.25. The van der Waals surface area contributed by atoms with E-state index in [2.05, 4.69) is 15.9 Å². The van der Waals surface area contributed by atoms with Gasteiger partial charge in [0.2, 0.25) is 0 Å². The lowest BCUT2D eigenvalue weighted by molar-refractivity contribution is 0.311. The fourth-order valence-electron chi connectivity index (χ4n) is 1.02. The third kappa shape index (κ3) is 4.57. The number of ether oxygens (including phenoxy) is 1. The van der Waals surface area contributed by atoms with Gasteiger partial charge in [-0.05, 0) is 40.5 Å². The highest BCUT2D eigenvalue weighted by atomic mass is 79.9. The molecule has 0 aliphatic rings. The number of nitrogens with two attached hydrogens (primary N) is 1. The standard InChI is InChI=1S/C10H11BrFNOS/c11-8-6-7(12)3-4-9(8)14-5-1-2-10(13)15/h3-4,6H,1-2,5H2,(H2,13,15). The molecular weight excluding hydrogens is 281 g/mol. The highest BCUT2D eigenvalue weighted by Gasteiger charge is 2.02. The molecule has 0 saturated heterocycles. The molecule has 0 atom stereocenters. The van der Waals surface area contributed by atoms with Gasteiger partial charge in [0, 0.05) is 6.42 Å². The van der Waals surface area contributed by atoms with Crippen molar-refractivity contribution in [2.24, 2.45) is 5.73 Å². The van der Waals surface area contributed by atoms with Crippen LogP contribution in [0, 0.1) is 5.82 Å². The minimum absolute atomic E-state index is 0.294. The smallest absolute Gasteiger partial charge is 0.133 e. The van der Waals surface area contributed by atoms with Gasteiger partial charge < -0.3 is 10.5 Å². The summed E-state index contributed by atoms with van der Waals surface area (Å²) in [5.41, 5.74) is 5.34. The van der Waals surface area contributed by atoms with Crippen LogP contribution in [0.5, 0.6) is 5.75 Å². The summed E-state index contributed by atoms with van der Waals surface area (Å²) in [5, 5.41) is 0. The topological polar surface area (TPSA) is 35.2 Å². The summed E-state index contributed by atoms with van der Waals surface area (Å²) in [4.78, 5) is 0.483. The van der Waals surface area contributed by atoms with Crippen molar-refractivity contribution in [3.05, 3.63) is 28.5 Å². The second-order valence-electron chi connectivity index (χ2n) is 2.99. The van der Waals surface area contributed by atoms with E-state index in [4.69, 9.17) is 22.7 Å². The van der Waals surface area contributed by atoms with Crippen LogP contribution in [0.2, 0.25) is 0 Å². The lowest BCUT2D eigenvalue weighted by Crippen LogP contribution is -2.09. The third-order valence-electron chi connectivity index (χ3n) is 1.72. The van der Waals surface area contributed by atoms with Crippen LogP contribution in [0.3, 0.4) is 0 Å². The van der Waals surface area contributed by atoms with Gasteiger partial charge in [-0.3, -0.25) is 0 Å². The quantitative estimate of drug-likeness (QED) is 0.669. The van der Waals surface area contributed by atoms with Crippen molar-refractivity contribution in [2.45, 2.75) is 12.8 Å². The molecule has 2 N–H and O–H groups in total. The Balaban J connectivity index is 2.40. The van der Waals surface area contributed by atoms with Gasteiger partial charge in [-0.15, -0.1) is 0 Å². The van der Waals surface area contributed by atoms with E-state index in [1.165, 1.54) is 12.1 Å². The average molecular weight is 292 g/mol. The second kappa shape index (κ2) is 6.02. The minimum Gasteiger partial charge on any atom is -0.492 e. The fraction of sp³-hybridized carbons (Fsp3) is 0.300. The Kier molecular flexibility index (Phi) is 4.98. The van der Waals surface area contributed by atoms with Crippen LogP contribution in [0.4, 0.5) is 4.39 Å². The molecule has 2 nitrogen and oxygen atoms in total. The number of benzene rings is 1. The van der Waals surface area contributed by atoms with Crippen molar-refractivity contribution in [1.29, 1.82) is 0 Å². The van der Waals surface area contributed by atoms with E-state index in [-0.39, 0.29) is 5.82 Å². The molecule has 0 aromatic heterocycles. The highest BCUT2D eigenvalue weighted by molar-refractivity contribution is 9.10. The molecule has 0 amide bonds. The van der Waals surface area contributed by atoms with Crippen LogP contribution in [-0.4, -0.2) is 11.6 Å². The zero-order valence-electron chi connectivity index (χ0n) is 8.00. The lowest BCUT2D eigenvalue weighted by atomic mass is 10.3. The molecule has 0 bridgehead atoms. The van der Waals surface area contributed by atoms with Crippen molar-refractivity contribution in [2.75, 3.05) is 6.61 Å². The lowest BCUT2D eigenvalue weighted by Gasteiger charge is -2.07. The van der Waals surface area contributed by atoms with Gasteiger partial charge >= 0.3 is 0 Å². The molecule has 15 heavy (non-hydrogen) atoms. The molecule has 82 valence electrons. The summed E-state index contributed by atoms with van der Waals surface area (Å²) in [5.74, 6) is 0.330. The van der Waals surface area contributed by atoms with E-state index in [1.807, 2.05) is 0 Å². The summed E-state index contributed by atoms with van der Waals surface area (Å²) in [6.45, 7) is 0.515. The Morgan fingerprint density at radius 3 is 2.87 bits per heavy atom. The van der Waals surface area contributed by atoms with Gasteiger partial charge in [0.25, 0.3) is 0 Å². The van der Waals surface area contributed by atoms with Crippen LogP contribution in [-0.2, 0) is 0 Å². The van der Waals surface area contributed by atoms with Gasteiger partial charge in [-0.25, -0.2) is 4.39 Å². The maximum Gasteiger partial charge on any atom is 0.133 e. The predicted octanol–water partition coefficient (Wildman–Crippen LogP) is 3.03. The normalized spacial score (nSPS) is 10.0. The molecule has 5 heteroatoms. The molecule has 0 unspecified atom stereocenters. The molecule has 1 aromatic carbocycles. The number of halogens is 2. The summed E-state index contributed by atoms with van der Waals surface area (Å²) < 4.78 is 18.7. The molecule has 0 saturated carbocycles. The molecule has 0 radical (unpaired) electrons. The zero-order chi connectivity index (χ0) is 11.3. The molecule has 0 fully saturated rings. The van der Waals surface area contributed by atoms with Crippen LogP contribution in [0.1, 0.15) is 12.8 Å². The van der Waals surface area contributed by atoms with Crippen LogP contribution in [0.25, 0.3) is 0 Å². The first-order chi connectivity index (χ1) is 7.09. The predicted molar refractivity (Wildman–Crippen MR) is 65.6 cm³/mol. The first kappa shape index (κ1) is 12.4. The summed E-state index contributed by atoms with van der Waals surface area (Å²) >= 11 is 7.94. The van der Waals surface area contributed by atoms with E-state index in [0.29, 0.717) is 28.2 Å². The van der Waals surface area contributed by atoms with Crippen LogP contribution < -0.4 is 10.5 Å². The maximum atomic E-state index is 12.7. The molecule has 0 heterocycles. The summed E-state index contributed by atoms with van der Waals surface area (Å²) in [6.07, 6.45) is 1.42. The van der Waals surface area contributed by atoms with Gasteiger partial charge in [0.1, 0.15) is 11.6 Å². The Morgan fingerprint density at radius 1 is 1.53 bits per heavy atom. The third-order valence-corrected chi connectivity index (χ3v) is 2.54. The van der Waals surface area contributed by atoms with Gasteiger partial charge in [-0.1, -0.05) is 12.2 Å². The number of hydrogen-bond acceptors (Lipinski definition) is 2. The van der Waals surface area contributed by atoms with Gasteiger partial charge in [-0.2, -0.15) is 0 Å². The molecule has 0 aliphatic heterocycles. The van der Waals surface area contributed by atoms with E-state index in [0.717, 1.165) is 6.42 Å². The Morgan fingerprint density at radius 2 is 2.27 bits per heavy atom. The SMILES string of the molecule is NC(=S)CCCOc1ccc(F)cc1Br. The van der Waals surface area contributed by atoms with Crippen molar-refractivity contribution in [3.8, 4) is 5.75 Å². The Hall–Kier alpha value is -0.680. The van der Waals surface area contributed by atoms with E-state index >= 15 is 0 Å². The number of thiocarbonyl (C=S) groups is 1. The monoisotopic (exact) mass is 291 g/mol. The van der Waals surface area contributed by atoms with Crippen molar-refractivity contribution in [3.63, 3.8) is 0 Å². The van der Waals surface area contributed by atoms with Crippen molar-refractivity contribution in [1.82, 2.24) is 0 Å². The number of rotatable bonds is 5. The molecule has 1 aromatic rings. The zero-order valence-corrected chi connectivity index (χ0v) is 10.4. The van der Waals surface area contributed by atoms with Gasteiger partial charge in [0.15, 0.2) is 0 Å². The average Bonchev–Trinajstić information content (AvgIpc) is 2.14. The molecule has 0 spiro atoms. The molecule has 1 rings (SSSR count). The first-order valence-electron chi connectivity index (χ1n) is 4.46. The van der Waals surface area contributed by atoms with Crippen LogP contribution in [0.15, 0.2) is 22.7 Å². The minimum atomic E-state index is -0.294.